The highest BCUT2D eigenvalue weighted by Gasteiger charge is 2.06. The summed E-state index contributed by atoms with van der Waals surface area (Å²) in [6, 6.07) is 11.9. The summed E-state index contributed by atoms with van der Waals surface area (Å²) in [5.41, 5.74) is 1.73. The number of phenols is 1. The standard InChI is InChI=1S/C15H13N3O2/c16-9-12-3-6-14(18-10-12)15(20)17-8-7-11-1-4-13(19)5-2-11/h1-6,10,19H,7-8H2,(H,17,20). The van der Waals surface area contributed by atoms with E-state index in [2.05, 4.69) is 10.3 Å². The van der Waals surface area contributed by atoms with Crippen LogP contribution in [0.2, 0.25) is 0 Å². The third kappa shape index (κ3) is 3.56. The van der Waals surface area contributed by atoms with Crippen molar-refractivity contribution in [3.8, 4) is 11.8 Å². The molecule has 0 aliphatic rings. The molecule has 5 nitrogen and oxygen atoms in total. The molecule has 100 valence electrons. The van der Waals surface area contributed by atoms with Crippen molar-refractivity contribution < 1.29 is 9.90 Å². The van der Waals surface area contributed by atoms with Gasteiger partial charge in [-0.2, -0.15) is 5.26 Å². The topological polar surface area (TPSA) is 86.0 Å². The summed E-state index contributed by atoms with van der Waals surface area (Å²) in [4.78, 5) is 15.7. The monoisotopic (exact) mass is 267 g/mol. The molecule has 0 aliphatic heterocycles. The van der Waals surface area contributed by atoms with Gasteiger partial charge in [-0.25, -0.2) is 4.98 Å². The number of hydrogen-bond acceptors (Lipinski definition) is 4. The highest BCUT2D eigenvalue weighted by Crippen LogP contribution is 2.09. The maximum Gasteiger partial charge on any atom is 0.269 e. The molecule has 2 N–H and O–H groups in total. The number of amides is 1. The first-order valence-corrected chi connectivity index (χ1v) is 6.11. The van der Waals surface area contributed by atoms with E-state index in [4.69, 9.17) is 10.4 Å². The van der Waals surface area contributed by atoms with Crippen LogP contribution in [0.25, 0.3) is 0 Å². The fourth-order valence-electron chi connectivity index (χ4n) is 1.67. The Hall–Kier alpha value is -2.87. The summed E-state index contributed by atoms with van der Waals surface area (Å²) >= 11 is 0. The second kappa shape index (κ2) is 6.34. The normalized spacial score (nSPS) is 9.75. The Morgan fingerprint density at radius 2 is 2.00 bits per heavy atom. The first-order chi connectivity index (χ1) is 9.69. The molecule has 0 unspecified atom stereocenters. The van der Waals surface area contributed by atoms with E-state index < -0.39 is 0 Å². The van der Waals surface area contributed by atoms with Crippen LogP contribution in [0.15, 0.2) is 42.6 Å². The van der Waals surface area contributed by atoms with Crippen LogP contribution in [-0.4, -0.2) is 22.5 Å². The van der Waals surface area contributed by atoms with Gasteiger partial charge < -0.3 is 10.4 Å². The molecule has 5 heteroatoms. The minimum atomic E-state index is -0.270. The molecule has 0 fully saturated rings. The minimum Gasteiger partial charge on any atom is -0.508 e. The summed E-state index contributed by atoms with van der Waals surface area (Å²) in [5.74, 6) is -0.0483. The van der Waals surface area contributed by atoms with Gasteiger partial charge in [0.15, 0.2) is 0 Å². The Balaban J connectivity index is 1.85. The second-order valence-corrected chi connectivity index (χ2v) is 4.22. The molecule has 2 rings (SSSR count). The Bertz CT molecular complexity index is 628. The lowest BCUT2D eigenvalue weighted by Crippen LogP contribution is -2.26. The summed E-state index contributed by atoms with van der Waals surface area (Å²) in [5, 5.41) is 20.6. The number of rotatable bonds is 4. The van der Waals surface area contributed by atoms with Crippen LogP contribution in [0.4, 0.5) is 0 Å². The quantitative estimate of drug-likeness (QED) is 0.881. The van der Waals surface area contributed by atoms with Gasteiger partial charge in [-0.05, 0) is 36.2 Å². The number of phenolic OH excluding ortho intramolecular Hbond substituents is 1. The SMILES string of the molecule is N#Cc1ccc(C(=O)NCCc2ccc(O)cc2)nc1. The molecule has 0 aliphatic carbocycles. The fraction of sp³-hybridized carbons (Fsp3) is 0.133. The summed E-state index contributed by atoms with van der Waals surface area (Å²) in [7, 11) is 0. The first-order valence-electron chi connectivity index (χ1n) is 6.11. The van der Waals surface area contributed by atoms with Gasteiger partial charge in [0, 0.05) is 12.7 Å². The summed E-state index contributed by atoms with van der Waals surface area (Å²) in [6.45, 7) is 0.477. The van der Waals surface area contributed by atoms with Gasteiger partial charge in [0.25, 0.3) is 5.91 Å². The van der Waals surface area contributed by atoms with E-state index in [-0.39, 0.29) is 17.4 Å². The van der Waals surface area contributed by atoms with Gasteiger partial charge in [-0.3, -0.25) is 4.79 Å². The average Bonchev–Trinajstić information content (AvgIpc) is 2.49. The highest BCUT2D eigenvalue weighted by molar-refractivity contribution is 5.92. The van der Waals surface area contributed by atoms with Gasteiger partial charge in [-0.15, -0.1) is 0 Å². The van der Waals surface area contributed by atoms with Crippen molar-refractivity contribution in [1.82, 2.24) is 10.3 Å². The molecular weight excluding hydrogens is 254 g/mol. The van der Waals surface area contributed by atoms with E-state index in [1.165, 1.54) is 12.3 Å². The van der Waals surface area contributed by atoms with Gasteiger partial charge >= 0.3 is 0 Å². The molecule has 0 atom stereocenters. The number of pyridine rings is 1. The molecule has 0 spiro atoms. The summed E-state index contributed by atoms with van der Waals surface area (Å²) in [6.07, 6.45) is 2.04. The lowest BCUT2D eigenvalue weighted by Gasteiger charge is -2.05. The van der Waals surface area contributed by atoms with Gasteiger partial charge in [0.1, 0.15) is 17.5 Å². The minimum absolute atomic E-state index is 0.222. The maximum atomic E-state index is 11.8. The zero-order valence-electron chi connectivity index (χ0n) is 10.7. The second-order valence-electron chi connectivity index (χ2n) is 4.22. The molecule has 20 heavy (non-hydrogen) atoms. The van der Waals surface area contributed by atoms with E-state index in [1.54, 1.807) is 30.3 Å². The van der Waals surface area contributed by atoms with Crippen LogP contribution in [0.5, 0.6) is 5.75 Å². The third-order valence-electron chi connectivity index (χ3n) is 2.76. The predicted molar refractivity (Wildman–Crippen MR) is 73.1 cm³/mol. The number of nitriles is 1. The van der Waals surface area contributed by atoms with Gasteiger partial charge in [0.05, 0.1) is 5.56 Å². The van der Waals surface area contributed by atoms with Crippen molar-refractivity contribution in [1.29, 1.82) is 5.26 Å². The zero-order valence-corrected chi connectivity index (χ0v) is 10.7. The number of hydrogen-bond donors (Lipinski definition) is 2. The van der Waals surface area contributed by atoms with Crippen molar-refractivity contribution in [2.24, 2.45) is 0 Å². The molecule has 2 aromatic rings. The Labute approximate surface area is 116 Å². The smallest absolute Gasteiger partial charge is 0.269 e. The van der Waals surface area contributed by atoms with Gasteiger partial charge in [0.2, 0.25) is 0 Å². The molecule has 0 saturated heterocycles. The Kier molecular flexibility index (Phi) is 4.30. The molecule has 1 aromatic carbocycles. The number of nitrogens with one attached hydrogen (secondary N) is 1. The number of aromatic nitrogens is 1. The first kappa shape index (κ1) is 13.6. The van der Waals surface area contributed by atoms with Crippen LogP contribution in [0, 0.1) is 11.3 Å². The number of aromatic hydroxyl groups is 1. The van der Waals surface area contributed by atoms with Crippen molar-refractivity contribution >= 4 is 5.91 Å². The number of carbonyl (C=O) groups excluding carboxylic acids is 1. The van der Waals surface area contributed by atoms with Crippen LogP contribution in [0.1, 0.15) is 21.6 Å². The van der Waals surface area contributed by atoms with Crippen molar-refractivity contribution in [3.05, 3.63) is 59.4 Å². The summed E-state index contributed by atoms with van der Waals surface area (Å²) < 4.78 is 0. The third-order valence-corrected chi connectivity index (χ3v) is 2.76. The van der Waals surface area contributed by atoms with Crippen molar-refractivity contribution in [2.75, 3.05) is 6.54 Å². The van der Waals surface area contributed by atoms with Crippen LogP contribution >= 0.6 is 0 Å². The van der Waals surface area contributed by atoms with Crippen molar-refractivity contribution in [3.63, 3.8) is 0 Å². The predicted octanol–water partition coefficient (Wildman–Crippen LogP) is 1.63. The molecule has 1 aromatic heterocycles. The molecule has 0 radical (unpaired) electrons. The van der Waals surface area contributed by atoms with Crippen molar-refractivity contribution in [2.45, 2.75) is 6.42 Å². The molecular formula is C15H13N3O2. The lowest BCUT2D eigenvalue weighted by atomic mass is 10.1. The maximum absolute atomic E-state index is 11.8. The molecule has 1 amide bonds. The van der Waals surface area contributed by atoms with E-state index in [9.17, 15) is 4.79 Å². The van der Waals surface area contributed by atoms with Gasteiger partial charge in [-0.1, -0.05) is 12.1 Å². The fourth-order valence-corrected chi connectivity index (χ4v) is 1.67. The zero-order chi connectivity index (χ0) is 14.4. The van der Waals surface area contributed by atoms with E-state index >= 15 is 0 Å². The largest absolute Gasteiger partial charge is 0.508 e. The van der Waals surface area contributed by atoms with Crippen LogP contribution in [0.3, 0.4) is 0 Å². The molecule has 1 heterocycles. The average molecular weight is 267 g/mol. The Morgan fingerprint density at radius 3 is 2.60 bits per heavy atom. The van der Waals surface area contributed by atoms with Crippen LogP contribution < -0.4 is 5.32 Å². The van der Waals surface area contributed by atoms with E-state index in [0.717, 1.165) is 5.56 Å². The highest BCUT2D eigenvalue weighted by atomic mass is 16.3. The number of benzene rings is 1. The number of carbonyl (C=O) groups is 1. The number of nitrogens with zero attached hydrogens (tertiary/aromatic N) is 2. The Morgan fingerprint density at radius 1 is 1.25 bits per heavy atom. The van der Waals surface area contributed by atoms with E-state index in [0.29, 0.717) is 18.5 Å². The molecule has 0 bridgehead atoms. The van der Waals surface area contributed by atoms with E-state index in [1.807, 2.05) is 6.07 Å². The van der Waals surface area contributed by atoms with Crippen LogP contribution in [-0.2, 0) is 6.42 Å². The lowest BCUT2D eigenvalue weighted by molar-refractivity contribution is 0.0949. The molecule has 0 saturated carbocycles.